The molecule has 1 aromatic carbocycles. The summed E-state index contributed by atoms with van der Waals surface area (Å²) < 4.78 is 0. The summed E-state index contributed by atoms with van der Waals surface area (Å²) in [4.78, 5) is 0. The molecule has 15 heavy (non-hydrogen) atoms. The highest BCUT2D eigenvalue weighted by atomic mass is 16.3. The lowest BCUT2D eigenvalue weighted by Gasteiger charge is -2.38. The fourth-order valence-corrected chi connectivity index (χ4v) is 2.70. The standard InChI is InChI=1S/C12H16N2O/c15-10-1-2-11-8(6-10)5-9-7-13-4-3-12(9)14-11/h1-2,6,9,12-15H,3-5,7H2. The van der Waals surface area contributed by atoms with Gasteiger partial charge in [0.05, 0.1) is 0 Å². The minimum atomic E-state index is 0.373. The van der Waals surface area contributed by atoms with Crippen molar-refractivity contribution in [3.8, 4) is 5.75 Å². The first-order valence-electron chi connectivity index (χ1n) is 5.62. The number of piperidine rings is 1. The van der Waals surface area contributed by atoms with Crippen LogP contribution in [0.15, 0.2) is 18.2 Å². The van der Waals surface area contributed by atoms with Crippen LogP contribution in [0.3, 0.4) is 0 Å². The molecule has 3 rings (SSSR count). The number of aromatic hydroxyl groups is 1. The molecular weight excluding hydrogens is 188 g/mol. The van der Waals surface area contributed by atoms with Gasteiger partial charge in [0.15, 0.2) is 0 Å². The van der Waals surface area contributed by atoms with Crippen LogP contribution in [0.4, 0.5) is 5.69 Å². The zero-order chi connectivity index (χ0) is 10.3. The molecule has 3 N–H and O–H groups in total. The number of hydrogen-bond acceptors (Lipinski definition) is 3. The molecule has 2 aliphatic rings. The molecule has 0 spiro atoms. The van der Waals surface area contributed by atoms with Crippen LogP contribution in [0, 0.1) is 5.92 Å². The van der Waals surface area contributed by atoms with Gasteiger partial charge in [-0.25, -0.2) is 0 Å². The predicted octanol–water partition coefficient (Wildman–Crippen LogP) is 1.34. The van der Waals surface area contributed by atoms with Crippen LogP contribution in [0.5, 0.6) is 5.75 Å². The molecular formula is C12H16N2O. The van der Waals surface area contributed by atoms with Crippen molar-refractivity contribution in [3.05, 3.63) is 23.8 Å². The van der Waals surface area contributed by atoms with Crippen molar-refractivity contribution >= 4 is 5.69 Å². The van der Waals surface area contributed by atoms with Crippen LogP contribution >= 0.6 is 0 Å². The molecule has 2 aliphatic heterocycles. The minimum Gasteiger partial charge on any atom is -0.508 e. The van der Waals surface area contributed by atoms with Gasteiger partial charge in [0.25, 0.3) is 0 Å². The summed E-state index contributed by atoms with van der Waals surface area (Å²) in [6, 6.07) is 6.24. The van der Waals surface area contributed by atoms with Gasteiger partial charge in [-0.2, -0.15) is 0 Å². The average molecular weight is 204 g/mol. The number of benzene rings is 1. The summed E-state index contributed by atoms with van der Waals surface area (Å²) in [6.07, 6.45) is 2.28. The van der Waals surface area contributed by atoms with E-state index in [9.17, 15) is 5.11 Å². The Morgan fingerprint density at radius 1 is 1.33 bits per heavy atom. The topological polar surface area (TPSA) is 44.3 Å². The molecule has 80 valence electrons. The van der Waals surface area contributed by atoms with E-state index in [1.807, 2.05) is 12.1 Å². The summed E-state index contributed by atoms with van der Waals surface area (Å²) in [5, 5.41) is 16.4. The number of rotatable bonds is 0. The van der Waals surface area contributed by atoms with Gasteiger partial charge in [0.2, 0.25) is 0 Å². The van der Waals surface area contributed by atoms with E-state index in [2.05, 4.69) is 10.6 Å². The van der Waals surface area contributed by atoms with E-state index in [1.54, 1.807) is 6.07 Å². The van der Waals surface area contributed by atoms with Crippen molar-refractivity contribution < 1.29 is 5.11 Å². The SMILES string of the molecule is Oc1ccc2c(c1)CC1CNCCC1N2. The molecule has 2 atom stereocenters. The van der Waals surface area contributed by atoms with Crippen molar-refractivity contribution in [2.75, 3.05) is 18.4 Å². The lowest BCUT2D eigenvalue weighted by atomic mass is 9.83. The Kier molecular flexibility index (Phi) is 2.06. The minimum absolute atomic E-state index is 0.373. The van der Waals surface area contributed by atoms with Crippen molar-refractivity contribution in [2.45, 2.75) is 18.9 Å². The second-order valence-corrected chi connectivity index (χ2v) is 4.55. The molecule has 3 nitrogen and oxygen atoms in total. The number of phenols is 1. The first kappa shape index (κ1) is 9.04. The highest BCUT2D eigenvalue weighted by molar-refractivity contribution is 5.57. The second kappa shape index (κ2) is 3.42. The van der Waals surface area contributed by atoms with Gasteiger partial charge in [0.1, 0.15) is 5.75 Å². The number of anilines is 1. The molecule has 0 bridgehead atoms. The lowest BCUT2D eigenvalue weighted by Crippen LogP contribution is -2.47. The second-order valence-electron chi connectivity index (χ2n) is 4.55. The van der Waals surface area contributed by atoms with Crippen LogP contribution in [0.1, 0.15) is 12.0 Å². The molecule has 0 aliphatic carbocycles. The smallest absolute Gasteiger partial charge is 0.116 e. The average Bonchev–Trinajstić information content (AvgIpc) is 2.26. The summed E-state index contributed by atoms with van der Waals surface area (Å²) in [5.41, 5.74) is 2.45. The van der Waals surface area contributed by atoms with Crippen molar-refractivity contribution in [2.24, 2.45) is 5.92 Å². The Balaban J connectivity index is 1.92. The molecule has 1 fully saturated rings. The molecule has 2 unspecified atom stereocenters. The third-order valence-corrected chi connectivity index (χ3v) is 3.52. The number of hydrogen-bond donors (Lipinski definition) is 3. The Bertz CT molecular complexity index is 378. The van der Waals surface area contributed by atoms with Gasteiger partial charge < -0.3 is 15.7 Å². The van der Waals surface area contributed by atoms with E-state index in [0.717, 1.165) is 19.5 Å². The van der Waals surface area contributed by atoms with Crippen molar-refractivity contribution in [1.29, 1.82) is 0 Å². The zero-order valence-corrected chi connectivity index (χ0v) is 8.66. The number of phenolic OH excluding ortho intramolecular Hbond substituents is 1. The van der Waals surface area contributed by atoms with Crippen LogP contribution < -0.4 is 10.6 Å². The summed E-state index contributed by atoms with van der Waals surface area (Å²) in [5.74, 6) is 1.05. The van der Waals surface area contributed by atoms with Gasteiger partial charge in [-0.3, -0.25) is 0 Å². The van der Waals surface area contributed by atoms with Crippen LogP contribution in [0.25, 0.3) is 0 Å². The number of nitrogens with one attached hydrogen (secondary N) is 2. The molecule has 0 radical (unpaired) electrons. The maximum absolute atomic E-state index is 9.44. The van der Waals surface area contributed by atoms with Gasteiger partial charge in [0, 0.05) is 18.3 Å². The Labute approximate surface area is 89.5 Å². The normalized spacial score (nSPS) is 28.8. The van der Waals surface area contributed by atoms with E-state index < -0.39 is 0 Å². The maximum Gasteiger partial charge on any atom is 0.116 e. The molecule has 0 amide bonds. The van der Waals surface area contributed by atoms with E-state index in [1.165, 1.54) is 17.7 Å². The highest BCUT2D eigenvalue weighted by Gasteiger charge is 2.29. The zero-order valence-electron chi connectivity index (χ0n) is 8.66. The number of fused-ring (bicyclic) bond motifs is 2. The fraction of sp³-hybridized carbons (Fsp3) is 0.500. The van der Waals surface area contributed by atoms with Gasteiger partial charge >= 0.3 is 0 Å². The third-order valence-electron chi connectivity index (χ3n) is 3.52. The summed E-state index contributed by atoms with van der Waals surface area (Å²) in [7, 11) is 0. The van der Waals surface area contributed by atoms with E-state index in [-0.39, 0.29) is 0 Å². The summed E-state index contributed by atoms with van der Waals surface area (Å²) >= 11 is 0. The largest absolute Gasteiger partial charge is 0.508 e. The van der Waals surface area contributed by atoms with Gasteiger partial charge in [-0.1, -0.05) is 0 Å². The monoisotopic (exact) mass is 204 g/mol. The summed E-state index contributed by atoms with van der Waals surface area (Å²) in [6.45, 7) is 2.20. The lowest BCUT2D eigenvalue weighted by molar-refractivity contribution is 0.333. The van der Waals surface area contributed by atoms with E-state index in [4.69, 9.17) is 0 Å². The van der Waals surface area contributed by atoms with E-state index in [0.29, 0.717) is 17.7 Å². The first-order valence-corrected chi connectivity index (χ1v) is 5.62. The maximum atomic E-state index is 9.44. The van der Waals surface area contributed by atoms with Gasteiger partial charge in [-0.05, 0) is 49.1 Å². The Hall–Kier alpha value is -1.22. The van der Waals surface area contributed by atoms with Crippen molar-refractivity contribution in [1.82, 2.24) is 5.32 Å². The van der Waals surface area contributed by atoms with Crippen LogP contribution in [0.2, 0.25) is 0 Å². The molecule has 1 aromatic rings. The highest BCUT2D eigenvalue weighted by Crippen LogP contribution is 2.32. The van der Waals surface area contributed by atoms with Crippen LogP contribution in [-0.4, -0.2) is 24.2 Å². The quantitative estimate of drug-likeness (QED) is 0.559. The molecule has 3 heteroatoms. The molecule has 0 saturated carbocycles. The van der Waals surface area contributed by atoms with E-state index >= 15 is 0 Å². The fourth-order valence-electron chi connectivity index (χ4n) is 2.70. The van der Waals surface area contributed by atoms with Crippen LogP contribution in [-0.2, 0) is 6.42 Å². The third kappa shape index (κ3) is 1.57. The Morgan fingerprint density at radius 2 is 2.27 bits per heavy atom. The molecule has 2 heterocycles. The Morgan fingerprint density at radius 3 is 3.20 bits per heavy atom. The predicted molar refractivity (Wildman–Crippen MR) is 60.2 cm³/mol. The molecule has 1 saturated heterocycles. The van der Waals surface area contributed by atoms with Crippen molar-refractivity contribution in [3.63, 3.8) is 0 Å². The van der Waals surface area contributed by atoms with Gasteiger partial charge in [-0.15, -0.1) is 0 Å². The molecule has 0 aromatic heterocycles. The first-order chi connectivity index (χ1) is 7.33.